The molecular weight excluding hydrogens is 188 g/mol. The molecule has 1 aliphatic heterocycles. The van der Waals surface area contributed by atoms with Gasteiger partial charge in [-0.25, -0.2) is 0 Å². The lowest BCUT2D eigenvalue weighted by Gasteiger charge is -2.38. The molecule has 3 N–H and O–H groups in total. The molecule has 0 saturated carbocycles. The van der Waals surface area contributed by atoms with E-state index in [0.29, 0.717) is 12.0 Å². The summed E-state index contributed by atoms with van der Waals surface area (Å²) in [5.74, 6) is 0.713. The Morgan fingerprint density at radius 2 is 2.00 bits per heavy atom. The fourth-order valence-corrected chi connectivity index (χ4v) is 2.59. The summed E-state index contributed by atoms with van der Waals surface area (Å²) >= 11 is 0. The Bertz CT molecular complexity index is 167. The number of nitrogens with two attached hydrogens (primary N) is 1. The molecule has 2 unspecified atom stereocenters. The van der Waals surface area contributed by atoms with E-state index in [2.05, 4.69) is 18.7 Å². The first-order chi connectivity index (χ1) is 7.19. The Kier molecular flexibility index (Phi) is 5.58. The first kappa shape index (κ1) is 12.9. The van der Waals surface area contributed by atoms with Gasteiger partial charge in [-0.05, 0) is 38.6 Å². The number of nitrogens with zero attached hydrogens (tertiary/aromatic N) is 1. The molecule has 1 saturated heterocycles. The second kappa shape index (κ2) is 6.46. The number of hydrogen-bond donors (Lipinski definition) is 2. The molecule has 0 aliphatic carbocycles. The highest BCUT2D eigenvalue weighted by Crippen LogP contribution is 2.21. The number of rotatable bonds is 5. The van der Waals surface area contributed by atoms with E-state index in [-0.39, 0.29) is 6.10 Å². The summed E-state index contributed by atoms with van der Waals surface area (Å²) in [6.45, 7) is 7.43. The molecule has 1 rings (SSSR count). The summed E-state index contributed by atoms with van der Waals surface area (Å²) in [5.41, 5.74) is 5.64. The fourth-order valence-electron chi connectivity index (χ4n) is 2.59. The van der Waals surface area contributed by atoms with Gasteiger partial charge in [0.25, 0.3) is 0 Å². The normalized spacial score (nSPS) is 24.0. The first-order valence-corrected chi connectivity index (χ1v) is 6.31. The van der Waals surface area contributed by atoms with Crippen LogP contribution in [0.25, 0.3) is 0 Å². The van der Waals surface area contributed by atoms with Crippen molar-refractivity contribution in [2.24, 2.45) is 11.7 Å². The predicted octanol–water partition coefficient (Wildman–Crippen LogP) is 1.21. The molecule has 0 aromatic heterocycles. The van der Waals surface area contributed by atoms with Crippen LogP contribution >= 0.6 is 0 Å². The molecule has 1 aliphatic rings. The van der Waals surface area contributed by atoms with Crippen molar-refractivity contribution in [2.75, 3.05) is 19.6 Å². The van der Waals surface area contributed by atoms with Gasteiger partial charge in [0.15, 0.2) is 0 Å². The van der Waals surface area contributed by atoms with Crippen molar-refractivity contribution < 1.29 is 5.11 Å². The van der Waals surface area contributed by atoms with Crippen LogP contribution in [0.15, 0.2) is 0 Å². The molecule has 0 aromatic carbocycles. The smallest absolute Gasteiger partial charge is 0.0564 e. The monoisotopic (exact) mass is 214 g/mol. The minimum absolute atomic E-state index is 0.0666. The van der Waals surface area contributed by atoms with Gasteiger partial charge in [-0.3, -0.25) is 0 Å². The molecule has 1 fully saturated rings. The predicted molar refractivity (Wildman–Crippen MR) is 63.7 cm³/mol. The largest absolute Gasteiger partial charge is 0.393 e. The highest BCUT2D eigenvalue weighted by atomic mass is 16.3. The molecule has 0 spiro atoms. The van der Waals surface area contributed by atoms with Gasteiger partial charge in [-0.1, -0.05) is 13.3 Å². The summed E-state index contributed by atoms with van der Waals surface area (Å²) in [6.07, 6.45) is 4.13. The Morgan fingerprint density at radius 3 is 2.47 bits per heavy atom. The van der Waals surface area contributed by atoms with Crippen LogP contribution in [0.2, 0.25) is 0 Å². The zero-order valence-electron chi connectivity index (χ0n) is 10.2. The zero-order chi connectivity index (χ0) is 11.3. The van der Waals surface area contributed by atoms with Gasteiger partial charge in [-0.2, -0.15) is 0 Å². The van der Waals surface area contributed by atoms with E-state index < -0.39 is 0 Å². The van der Waals surface area contributed by atoms with Crippen LogP contribution < -0.4 is 5.73 Å². The number of hydrogen-bond acceptors (Lipinski definition) is 3. The average molecular weight is 214 g/mol. The second-order valence-corrected chi connectivity index (χ2v) is 4.75. The molecule has 0 aromatic rings. The average Bonchev–Trinajstić information content (AvgIpc) is 2.26. The van der Waals surface area contributed by atoms with Crippen molar-refractivity contribution >= 4 is 0 Å². The van der Waals surface area contributed by atoms with E-state index in [4.69, 9.17) is 5.73 Å². The lowest BCUT2D eigenvalue weighted by Crippen LogP contribution is -2.45. The van der Waals surface area contributed by atoms with E-state index in [0.717, 1.165) is 38.9 Å². The number of aliphatic hydroxyl groups excluding tert-OH is 1. The van der Waals surface area contributed by atoms with Crippen molar-refractivity contribution in [3.63, 3.8) is 0 Å². The SMILES string of the molecule is CCC(CCN)C(C)N1CCC(O)CC1. The maximum absolute atomic E-state index is 9.46. The van der Waals surface area contributed by atoms with E-state index in [1.165, 1.54) is 6.42 Å². The van der Waals surface area contributed by atoms with Gasteiger partial charge >= 0.3 is 0 Å². The molecule has 0 bridgehead atoms. The van der Waals surface area contributed by atoms with Crippen molar-refractivity contribution in [3.8, 4) is 0 Å². The van der Waals surface area contributed by atoms with Crippen LogP contribution in [0.4, 0.5) is 0 Å². The van der Waals surface area contributed by atoms with Crippen LogP contribution in [0.3, 0.4) is 0 Å². The molecular formula is C12H26N2O. The Hall–Kier alpha value is -0.120. The summed E-state index contributed by atoms with van der Waals surface area (Å²) in [7, 11) is 0. The highest BCUT2D eigenvalue weighted by Gasteiger charge is 2.25. The maximum Gasteiger partial charge on any atom is 0.0564 e. The van der Waals surface area contributed by atoms with Crippen molar-refractivity contribution in [2.45, 2.75) is 51.7 Å². The molecule has 0 amide bonds. The third-order valence-corrected chi connectivity index (χ3v) is 3.82. The standard InChI is InChI=1S/C12H26N2O/c1-3-11(4-7-13)10(2)14-8-5-12(15)6-9-14/h10-12,15H,3-9,13H2,1-2H3. The second-order valence-electron chi connectivity index (χ2n) is 4.75. The van der Waals surface area contributed by atoms with Crippen LogP contribution in [0, 0.1) is 5.92 Å². The van der Waals surface area contributed by atoms with Crippen LogP contribution in [0.5, 0.6) is 0 Å². The lowest BCUT2D eigenvalue weighted by atomic mass is 9.92. The van der Waals surface area contributed by atoms with E-state index >= 15 is 0 Å². The van der Waals surface area contributed by atoms with Gasteiger partial charge < -0.3 is 15.7 Å². The number of likely N-dealkylation sites (tertiary alicyclic amines) is 1. The van der Waals surface area contributed by atoms with E-state index in [1.807, 2.05) is 0 Å². The lowest BCUT2D eigenvalue weighted by molar-refractivity contribution is 0.0474. The molecule has 90 valence electrons. The van der Waals surface area contributed by atoms with Crippen molar-refractivity contribution in [3.05, 3.63) is 0 Å². The van der Waals surface area contributed by atoms with Gasteiger partial charge in [0, 0.05) is 19.1 Å². The highest BCUT2D eigenvalue weighted by molar-refractivity contribution is 4.80. The third-order valence-electron chi connectivity index (χ3n) is 3.82. The van der Waals surface area contributed by atoms with E-state index in [1.54, 1.807) is 0 Å². The zero-order valence-corrected chi connectivity index (χ0v) is 10.2. The minimum atomic E-state index is -0.0666. The van der Waals surface area contributed by atoms with Crippen LogP contribution in [0.1, 0.15) is 39.5 Å². The van der Waals surface area contributed by atoms with Gasteiger partial charge in [0.05, 0.1) is 6.10 Å². The quantitative estimate of drug-likeness (QED) is 0.723. The molecule has 2 atom stereocenters. The van der Waals surface area contributed by atoms with Crippen molar-refractivity contribution in [1.29, 1.82) is 0 Å². The Labute approximate surface area is 93.6 Å². The summed E-state index contributed by atoms with van der Waals surface area (Å²) < 4.78 is 0. The fraction of sp³-hybridized carbons (Fsp3) is 1.00. The van der Waals surface area contributed by atoms with Gasteiger partial charge in [-0.15, -0.1) is 0 Å². The molecule has 15 heavy (non-hydrogen) atoms. The van der Waals surface area contributed by atoms with Crippen LogP contribution in [-0.2, 0) is 0 Å². The summed E-state index contributed by atoms with van der Waals surface area (Å²) in [4.78, 5) is 2.51. The molecule has 1 heterocycles. The Balaban J connectivity index is 2.40. The van der Waals surface area contributed by atoms with Gasteiger partial charge in [0.2, 0.25) is 0 Å². The topological polar surface area (TPSA) is 49.5 Å². The Morgan fingerprint density at radius 1 is 1.40 bits per heavy atom. The number of piperidine rings is 1. The summed E-state index contributed by atoms with van der Waals surface area (Å²) in [5, 5.41) is 9.46. The minimum Gasteiger partial charge on any atom is -0.393 e. The molecule has 0 radical (unpaired) electrons. The molecule has 3 heteroatoms. The van der Waals surface area contributed by atoms with E-state index in [9.17, 15) is 5.11 Å². The third kappa shape index (κ3) is 3.74. The van der Waals surface area contributed by atoms with Crippen LogP contribution in [-0.4, -0.2) is 41.8 Å². The van der Waals surface area contributed by atoms with Crippen molar-refractivity contribution in [1.82, 2.24) is 4.90 Å². The summed E-state index contributed by atoms with van der Waals surface area (Å²) in [6, 6.07) is 0.617. The first-order valence-electron chi connectivity index (χ1n) is 6.31. The van der Waals surface area contributed by atoms with Gasteiger partial charge in [0.1, 0.15) is 0 Å². The molecule has 3 nitrogen and oxygen atoms in total. The maximum atomic E-state index is 9.46. The number of aliphatic hydroxyl groups is 1.